The number of nitrogens with zero attached hydrogens (tertiary/aromatic N) is 3. The highest BCUT2D eigenvalue weighted by molar-refractivity contribution is 6.29. The van der Waals surface area contributed by atoms with E-state index in [2.05, 4.69) is 23.3 Å². The number of rotatable bonds is 5. The average molecular weight is 525 g/mol. The second-order valence-corrected chi connectivity index (χ2v) is 11.8. The molecule has 7 atom stereocenters. The molecule has 3 unspecified atom stereocenters. The molecular weight excluding hydrogens is 495 g/mol. The Hall–Kier alpha value is -3.18. The number of piperidine rings is 1. The van der Waals surface area contributed by atoms with Crippen LogP contribution in [0.15, 0.2) is 36.5 Å². The number of ether oxygens (including phenoxy) is 1. The van der Waals surface area contributed by atoms with Crippen molar-refractivity contribution in [1.29, 1.82) is 5.26 Å². The standard InChI is InChI=1S/C28H30ClFN4O3/c1-14-23-19-11-21(24(14)23)34(27(36)37-28(2,3)4)25(19)26(35)33-18(12-31)9-16-6-5-15(10-20(16)30)17-7-8-22(29)32-13-17/h5-8,10,13-14,18-19,21,23-25H,9,11H2,1-4H3,(H,33,35)/t14?,18-,19+,21-,23?,24?,25-/m0/s1. The minimum Gasteiger partial charge on any atom is -0.444 e. The minimum atomic E-state index is -0.947. The van der Waals surface area contributed by atoms with Crippen molar-refractivity contribution >= 4 is 23.6 Å². The van der Waals surface area contributed by atoms with Crippen molar-refractivity contribution in [3.8, 4) is 17.2 Å². The Kier molecular flexibility index (Phi) is 6.39. The van der Waals surface area contributed by atoms with Gasteiger partial charge in [0.2, 0.25) is 5.91 Å². The Balaban J connectivity index is 1.30. The maximum Gasteiger partial charge on any atom is 0.411 e. The van der Waals surface area contributed by atoms with Crippen molar-refractivity contribution in [1.82, 2.24) is 15.2 Å². The van der Waals surface area contributed by atoms with Crippen LogP contribution in [0.25, 0.3) is 11.1 Å². The lowest BCUT2D eigenvalue weighted by Gasteiger charge is -2.35. The lowest BCUT2D eigenvalue weighted by atomic mass is 9.94. The van der Waals surface area contributed by atoms with Crippen molar-refractivity contribution in [2.45, 2.75) is 64.3 Å². The van der Waals surface area contributed by atoms with E-state index in [9.17, 15) is 19.2 Å². The number of halogens is 2. The van der Waals surface area contributed by atoms with E-state index in [1.54, 1.807) is 56.1 Å². The number of hydrogen-bond acceptors (Lipinski definition) is 5. The van der Waals surface area contributed by atoms with Gasteiger partial charge in [0.05, 0.1) is 6.07 Å². The lowest BCUT2D eigenvalue weighted by Crippen LogP contribution is -2.56. The number of likely N-dealkylation sites (tertiary alicyclic amines) is 1. The lowest BCUT2D eigenvalue weighted by molar-refractivity contribution is -0.128. The van der Waals surface area contributed by atoms with E-state index in [4.69, 9.17) is 16.3 Å². The number of nitriles is 1. The summed E-state index contributed by atoms with van der Waals surface area (Å²) in [7, 11) is 0. The predicted octanol–water partition coefficient (Wildman–Crippen LogP) is 4.98. The molecule has 5 rings (SSSR count). The molecule has 7 nitrogen and oxygen atoms in total. The van der Waals surface area contributed by atoms with Gasteiger partial charge in [-0.05, 0) is 80.2 Å². The normalized spacial score (nSPS) is 28.3. The molecule has 3 aliphatic rings. The molecule has 1 N–H and O–H groups in total. The molecule has 0 spiro atoms. The van der Waals surface area contributed by atoms with Crippen molar-refractivity contribution in [3.63, 3.8) is 0 Å². The van der Waals surface area contributed by atoms with E-state index in [0.29, 0.717) is 39.6 Å². The SMILES string of the molecule is CC1C2C1[C@@H]1C[C@H]2[C@@H](C(=O)N[C@H](C#N)Cc2ccc(-c3ccc(Cl)nc3)cc2F)N1C(=O)OC(C)(C)C. The van der Waals surface area contributed by atoms with E-state index >= 15 is 0 Å². The van der Waals surface area contributed by atoms with Crippen LogP contribution >= 0.6 is 11.6 Å². The first-order valence-corrected chi connectivity index (χ1v) is 13.0. The van der Waals surface area contributed by atoms with Crippen LogP contribution in [-0.2, 0) is 16.0 Å². The Bertz CT molecular complexity index is 1270. The fourth-order valence-electron chi connectivity index (χ4n) is 6.38. The molecule has 3 fully saturated rings. The third-order valence-electron chi connectivity index (χ3n) is 7.92. The van der Waals surface area contributed by atoms with Crippen LogP contribution in [0.1, 0.15) is 39.7 Å². The summed E-state index contributed by atoms with van der Waals surface area (Å²) in [6.07, 6.45) is 1.84. The molecule has 1 aliphatic heterocycles. The largest absolute Gasteiger partial charge is 0.444 e. The number of amides is 2. The van der Waals surface area contributed by atoms with Crippen LogP contribution in [0.3, 0.4) is 0 Å². The minimum absolute atomic E-state index is 0.00291. The van der Waals surface area contributed by atoms with Gasteiger partial charge in [-0.15, -0.1) is 0 Å². The van der Waals surface area contributed by atoms with Crippen molar-refractivity contribution in [3.05, 3.63) is 53.1 Å². The number of fused-ring (bicyclic) bond motifs is 5. The Labute approximate surface area is 221 Å². The van der Waals surface area contributed by atoms with E-state index in [1.807, 2.05) is 0 Å². The van der Waals surface area contributed by atoms with E-state index < -0.39 is 29.6 Å². The van der Waals surface area contributed by atoms with Crippen LogP contribution in [0.5, 0.6) is 0 Å². The summed E-state index contributed by atoms with van der Waals surface area (Å²) in [5, 5.41) is 12.9. The zero-order valence-corrected chi connectivity index (χ0v) is 22.0. The number of hydrogen-bond donors (Lipinski definition) is 1. The van der Waals surface area contributed by atoms with Gasteiger partial charge in [-0.25, -0.2) is 14.2 Å². The zero-order chi connectivity index (χ0) is 26.6. The summed E-state index contributed by atoms with van der Waals surface area (Å²) in [4.78, 5) is 32.2. The molecule has 194 valence electrons. The Morgan fingerprint density at radius 1 is 1.27 bits per heavy atom. The fourth-order valence-corrected chi connectivity index (χ4v) is 6.49. The molecule has 2 heterocycles. The highest BCUT2D eigenvalue weighted by Gasteiger charge is 2.71. The summed E-state index contributed by atoms with van der Waals surface area (Å²) in [6.45, 7) is 7.55. The molecule has 37 heavy (non-hydrogen) atoms. The number of carbonyl (C=O) groups is 2. The molecule has 2 aliphatic carbocycles. The van der Waals surface area contributed by atoms with Gasteiger partial charge in [0.1, 0.15) is 28.7 Å². The van der Waals surface area contributed by atoms with Gasteiger partial charge in [-0.2, -0.15) is 5.26 Å². The number of aromatic nitrogens is 1. The van der Waals surface area contributed by atoms with Crippen molar-refractivity contribution < 1.29 is 18.7 Å². The van der Waals surface area contributed by atoms with Gasteiger partial charge < -0.3 is 10.1 Å². The average Bonchev–Trinajstić information content (AvgIpc) is 3.18. The van der Waals surface area contributed by atoms with Crippen LogP contribution in [0, 0.1) is 40.8 Å². The second-order valence-electron chi connectivity index (χ2n) is 11.4. The highest BCUT2D eigenvalue weighted by Crippen LogP contribution is 2.67. The third-order valence-corrected chi connectivity index (χ3v) is 8.14. The topological polar surface area (TPSA) is 95.3 Å². The van der Waals surface area contributed by atoms with Gasteiger partial charge in [0.15, 0.2) is 0 Å². The first-order valence-electron chi connectivity index (χ1n) is 12.6. The molecule has 1 saturated heterocycles. The molecule has 2 saturated carbocycles. The molecular formula is C28H30ClFN4O3. The summed E-state index contributed by atoms with van der Waals surface area (Å²) in [5.74, 6) is 0.449. The second kappa shape index (κ2) is 9.29. The fraction of sp³-hybridized carbons (Fsp3) is 0.500. The molecule has 1 aromatic carbocycles. The maximum absolute atomic E-state index is 15.0. The van der Waals surface area contributed by atoms with E-state index in [-0.39, 0.29) is 24.3 Å². The van der Waals surface area contributed by atoms with Crippen molar-refractivity contribution in [2.24, 2.45) is 23.7 Å². The smallest absolute Gasteiger partial charge is 0.411 e. The zero-order valence-electron chi connectivity index (χ0n) is 21.2. The molecule has 1 aromatic heterocycles. The monoisotopic (exact) mass is 524 g/mol. The summed E-state index contributed by atoms with van der Waals surface area (Å²) < 4.78 is 20.6. The summed E-state index contributed by atoms with van der Waals surface area (Å²) >= 11 is 5.83. The number of carbonyl (C=O) groups excluding carboxylic acids is 2. The number of nitrogens with one attached hydrogen (secondary N) is 1. The van der Waals surface area contributed by atoms with Crippen LogP contribution in [0.2, 0.25) is 5.15 Å². The molecule has 0 radical (unpaired) electrons. The summed E-state index contributed by atoms with van der Waals surface area (Å²) in [5.41, 5.74) is 0.970. The molecule has 9 heteroatoms. The van der Waals surface area contributed by atoms with Gasteiger partial charge in [0, 0.05) is 24.2 Å². The van der Waals surface area contributed by atoms with Crippen molar-refractivity contribution in [2.75, 3.05) is 0 Å². The van der Waals surface area contributed by atoms with Crippen LogP contribution in [0.4, 0.5) is 9.18 Å². The van der Waals surface area contributed by atoms with Gasteiger partial charge >= 0.3 is 6.09 Å². The first kappa shape index (κ1) is 25.5. The van der Waals surface area contributed by atoms with Gasteiger partial charge in [0.25, 0.3) is 0 Å². The number of pyridine rings is 1. The first-order chi connectivity index (χ1) is 17.5. The van der Waals surface area contributed by atoms with Crippen LogP contribution in [-0.4, -0.2) is 45.6 Å². The Morgan fingerprint density at radius 3 is 2.62 bits per heavy atom. The van der Waals surface area contributed by atoms with E-state index in [1.165, 1.54) is 6.07 Å². The van der Waals surface area contributed by atoms with Crippen LogP contribution < -0.4 is 5.32 Å². The maximum atomic E-state index is 15.0. The number of benzene rings is 1. The third kappa shape index (κ3) is 4.77. The molecule has 2 bridgehead atoms. The van der Waals surface area contributed by atoms with Gasteiger partial charge in [-0.1, -0.05) is 30.7 Å². The quantitative estimate of drug-likeness (QED) is 0.556. The van der Waals surface area contributed by atoms with E-state index in [0.717, 1.165) is 6.42 Å². The molecule has 2 aromatic rings. The molecule has 2 amide bonds. The summed E-state index contributed by atoms with van der Waals surface area (Å²) in [6, 6.07) is 8.53. The predicted molar refractivity (Wildman–Crippen MR) is 136 cm³/mol. The Morgan fingerprint density at radius 2 is 2.00 bits per heavy atom. The van der Waals surface area contributed by atoms with Gasteiger partial charge in [-0.3, -0.25) is 9.69 Å². The highest BCUT2D eigenvalue weighted by atomic mass is 35.5.